The Morgan fingerprint density at radius 2 is 0.631 bits per heavy atom. The molecule has 10 rings (SSSR count). The molecule has 2 atom stereocenters. The molecule has 4 nitrogen and oxygen atoms in total. The lowest BCUT2D eigenvalue weighted by Crippen LogP contribution is -2.04. The highest BCUT2D eigenvalue weighted by atomic mass is 32.1. The number of aromatic nitrogens is 4. The Labute approximate surface area is 522 Å². The van der Waals surface area contributed by atoms with Gasteiger partial charge in [-0.3, -0.25) is 0 Å². The fourth-order valence-electron chi connectivity index (χ4n) is 14.2. The minimum atomic E-state index is 0.772. The monoisotopic (exact) mass is 1200 g/mol. The third kappa shape index (κ3) is 16.2. The van der Waals surface area contributed by atoms with E-state index in [0.717, 1.165) is 46.7 Å². The van der Waals surface area contributed by atoms with Gasteiger partial charge in [0.05, 0.1) is 23.5 Å². The van der Waals surface area contributed by atoms with Crippen LogP contribution in [0.25, 0.3) is 95.4 Å². The van der Waals surface area contributed by atoms with E-state index in [1.807, 2.05) is 22.7 Å². The van der Waals surface area contributed by atoms with Crippen LogP contribution in [0.1, 0.15) is 257 Å². The number of thiophene rings is 2. The summed E-state index contributed by atoms with van der Waals surface area (Å²) in [6.07, 6.45) is 49.0. The topological polar surface area (TPSA) is 51.6 Å². The predicted molar refractivity (Wildman–Crippen MR) is 377 cm³/mol. The molecule has 0 radical (unpaired) electrons. The molecule has 10 aromatic rings. The summed E-state index contributed by atoms with van der Waals surface area (Å²) in [6, 6.07) is 33.5. The predicted octanol–water partition coefficient (Wildman–Crippen LogP) is 26.6. The Morgan fingerprint density at radius 1 is 0.310 bits per heavy atom. The van der Waals surface area contributed by atoms with Crippen LogP contribution in [0, 0.1) is 11.8 Å². The smallest absolute Gasteiger partial charge is 0.113 e. The summed E-state index contributed by atoms with van der Waals surface area (Å²) in [7, 11) is 0. The second-order valence-electron chi connectivity index (χ2n) is 25.5. The van der Waals surface area contributed by atoms with Gasteiger partial charge in [0.2, 0.25) is 0 Å². The molecule has 0 aliphatic rings. The van der Waals surface area contributed by atoms with Crippen molar-refractivity contribution < 1.29 is 0 Å². The Kier molecular flexibility index (Phi) is 24.7. The molecule has 84 heavy (non-hydrogen) atoms. The summed E-state index contributed by atoms with van der Waals surface area (Å²) in [5.41, 5.74) is 9.55. The molecule has 0 aliphatic carbocycles. The molecule has 448 valence electrons. The van der Waals surface area contributed by atoms with Gasteiger partial charge in [-0.05, 0) is 117 Å². The number of benzene rings is 6. The zero-order valence-corrected chi connectivity index (χ0v) is 55.4. The maximum atomic E-state index is 4.86. The van der Waals surface area contributed by atoms with Crippen LogP contribution in [0.5, 0.6) is 0 Å². The second-order valence-corrected chi connectivity index (χ2v) is 28.7. The molecule has 0 fully saturated rings. The third-order valence-electron chi connectivity index (χ3n) is 19.2. The SMILES string of the molecule is CCCCCCCCCCC(CCCCCCCC)CCc1cc2c(ccc3c4cc(CCC(CCCCCCCC)CCCCCCCCCC)c5sc(-c6cccc7nsnc67)cc5c4ccc23)c2cc(-c3cccc4nsnc34)sc12. The molecule has 0 N–H and O–H groups in total. The Hall–Kier alpha value is -4.34. The van der Waals surface area contributed by atoms with E-state index >= 15 is 0 Å². The van der Waals surface area contributed by atoms with Crippen molar-refractivity contribution in [2.75, 3.05) is 0 Å². The molecular formula is C76H100N4S4. The largest absolute Gasteiger partial charge is 0.173 e. The molecule has 0 spiro atoms. The van der Waals surface area contributed by atoms with Gasteiger partial charge in [-0.25, -0.2) is 0 Å². The van der Waals surface area contributed by atoms with Crippen LogP contribution in [0.2, 0.25) is 0 Å². The first kappa shape index (κ1) is 62.7. The van der Waals surface area contributed by atoms with Crippen LogP contribution < -0.4 is 0 Å². The first-order chi connectivity index (χ1) is 41.6. The number of nitrogens with zero attached hydrogens (tertiary/aromatic N) is 4. The quantitative estimate of drug-likeness (QED) is 0.0284. The van der Waals surface area contributed by atoms with Crippen molar-refractivity contribution in [1.82, 2.24) is 17.5 Å². The van der Waals surface area contributed by atoms with Crippen molar-refractivity contribution >= 4 is 121 Å². The number of hydrogen-bond donors (Lipinski definition) is 0. The number of unbranched alkanes of at least 4 members (excludes halogenated alkanes) is 24. The standard InChI is InChI=1S/C76H100N4S4/c1-5-9-13-17-21-23-27-31-37-55(35-29-25-19-15-11-7-3)43-45-57-51-65-59-47-50-62-66(60(59)48-49-61(65)67-53-71(81-75(57)67)63-39-33-41-69-73(63)79-83-77-69)52-58(76-68(62)54-72(82-76)64-40-34-42-70-74(64)80-84-78-70)46-44-56(36-30-26-20-16-12-8-4)38-32-28-24-22-18-14-10-6-2/h33-34,39-42,47-56H,5-32,35-38,43-46H2,1-4H3. The number of rotatable bonds is 40. The summed E-state index contributed by atoms with van der Waals surface area (Å²) < 4.78 is 22.0. The van der Waals surface area contributed by atoms with Gasteiger partial charge in [-0.1, -0.05) is 282 Å². The van der Waals surface area contributed by atoms with Crippen molar-refractivity contribution in [3.63, 3.8) is 0 Å². The molecule has 0 aliphatic heterocycles. The summed E-state index contributed by atoms with van der Waals surface area (Å²) in [6.45, 7) is 9.34. The van der Waals surface area contributed by atoms with E-state index in [2.05, 4.69) is 121 Å². The van der Waals surface area contributed by atoms with E-state index in [1.165, 1.54) is 326 Å². The fourth-order valence-corrected chi connectivity index (χ4v) is 17.7. The zero-order valence-electron chi connectivity index (χ0n) is 52.1. The van der Waals surface area contributed by atoms with E-state index in [4.69, 9.17) is 8.75 Å². The lowest BCUT2D eigenvalue weighted by molar-refractivity contribution is 0.380. The van der Waals surface area contributed by atoms with E-state index in [0.29, 0.717) is 0 Å². The molecule has 6 aromatic carbocycles. The van der Waals surface area contributed by atoms with E-state index in [1.54, 1.807) is 0 Å². The van der Waals surface area contributed by atoms with Crippen molar-refractivity contribution in [2.45, 2.75) is 259 Å². The lowest BCUT2D eigenvalue weighted by Gasteiger charge is -2.19. The molecule has 4 heterocycles. The molecular weight excluding hydrogens is 1100 g/mol. The van der Waals surface area contributed by atoms with Crippen LogP contribution in [0.15, 0.2) is 84.9 Å². The van der Waals surface area contributed by atoms with Crippen molar-refractivity contribution in [2.24, 2.45) is 11.8 Å². The maximum Gasteiger partial charge on any atom is 0.113 e. The van der Waals surface area contributed by atoms with Crippen molar-refractivity contribution in [1.29, 1.82) is 0 Å². The van der Waals surface area contributed by atoms with E-state index in [-0.39, 0.29) is 0 Å². The van der Waals surface area contributed by atoms with Crippen LogP contribution >= 0.6 is 46.1 Å². The molecule has 0 bridgehead atoms. The highest BCUT2D eigenvalue weighted by molar-refractivity contribution is 7.23. The fraction of sp³-hybridized carbons (Fsp3) is 0.553. The summed E-state index contributed by atoms with van der Waals surface area (Å²) in [5, 5.41) is 11.1. The Bertz CT molecular complexity index is 3360. The molecule has 0 saturated heterocycles. The minimum Gasteiger partial charge on any atom is -0.173 e. The lowest BCUT2D eigenvalue weighted by atomic mass is 9.87. The summed E-state index contributed by atoms with van der Waals surface area (Å²) in [5.74, 6) is 1.54. The first-order valence-electron chi connectivity index (χ1n) is 34.3. The first-order valence-corrected chi connectivity index (χ1v) is 37.4. The van der Waals surface area contributed by atoms with Gasteiger partial charge in [-0.2, -0.15) is 17.5 Å². The third-order valence-corrected chi connectivity index (χ3v) is 22.7. The Balaban J connectivity index is 1.02. The molecule has 8 heteroatoms. The van der Waals surface area contributed by atoms with Gasteiger partial charge >= 0.3 is 0 Å². The summed E-state index contributed by atoms with van der Waals surface area (Å²) in [4.78, 5) is 2.61. The van der Waals surface area contributed by atoms with Gasteiger partial charge < -0.3 is 0 Å². The molecule has 2 unspecified atom stereocenters. The maximum absolute atomic E-state index is 4.86. The summed E-state index contributed by atoms with van der Waals surface area (Å²) >= 11 is 6.65. The molecule has 0 saturated carbocycles. The second kappa shape index (κ2) is 33.1. The number of hydrogen-bond acceptors (Lipinski definition) is 8. The average Bonchev–Trinajstić information content (AvgIpc) is 1.63. The average molecular weight is 1200 g/mol. The van der Waals surface area contributed by atoms with E-state index < -0.39 is 0 Å². The van der Waals surface area contributed by atoms with Gasteiger partial charge in [0, 0.05) is 41.1 Å². The minimum absolute atomic E-state index is 0.772. The van der Waals surface area contributed by atoms with Crippen LogP contribution in [-0.2, 0) is 12.8 Å². The van der Waals surface area contributed by atoms with Crippen LogP contribution in [-0.4, -0.2) is 17.5 Å². The van der Waals surface area contributed by atoms with Gasteiger partial charge in [-0.15, -0.1) is 22.7 Å². The van der Waals surface area contributed by atoms with Crippen LogP contribution in [0.4, 0.5) is 0 Å². The number of aryl methyl sites for hydroxylation is 2. The zero-order chi connectivity index (χ0) is 57.7. The Morgan fingerprint density at radius 3 is 0.976 bits per heavy atom. The van der Waals surface area contributed by atoms with Gasteiger partial charge in [0.1, 0.15) is 22.1 Å². The van der Waals surface area contributed by atoms with Crippen molar-refractivity contribution in [3.8, 4) is 20.9 Å². The van der Waals surface area contributed by atoms with E-state index in [9.17, 15) is 0 Å². The highest BCUT2D eigenvalue weighted by Gasteiger charge is 2.22. The molecule has 0 amide bonds. The van der Waals surface area contributed by atoms with Crippen LogP contribution in [0.3, 0.4) is 0 Å². The van der Waals surface area contributed by atoms with Crippen molar-refractivity contribution in [3.05, 3.63) is 96.1 Å². The number of fused-ring (bicyclic) bond motifs is 11. The van der Waals surface area contributed by atoms with Gasteiger partial charge in [0.25, 0.3) is 0 Å². The van der Waals surface area contributed by atoms with Gasteiger partial charge in [0.15, 0.2) is 0 Å². The molecule has 4 aromatic heterocycles. The highest BCUT2D eigenvalue weighted by Crippen LogP contribution is 2.47. The normalized spacial score (nSPS) is 13.0.